The zero-order chi connectivity index (χ0) is 12.0. The molecule has 0 radical (unpaired) electrons. The minimum Gasteiger partial charge on any atom is -0.318 e. The highest BCUT2D eigenvalue weighted by Gasteiger charge is 2.38. The molecule has 2 bridgehead atoms. The molecule has 1 saturated heterocycles. The molecule has 2 atom stereocenters. The maximum absolute atomic E-state index is 11.4. The van der Waals surface area contributed by atoms with Gasteiger partial charge in [-0.05, 0) is 36.1 Å². The molecule has 1 aliphatic heterocycles. The van der Waals surface area contributed by atoms with Gasteiger partial charge in [-0.3, -0.25) is 9.69 Å². The van der Waals surface area contributed by atoms with Gasteiger partial charge >= 0.3 is 0 Å². The molecule has 2 aliphatic rings. The standard InChI is InChI=1S/C14H18N2O/c1-3-16-8-10-6-12(13(16)7-10)11-4-5-14(17)15(2)9-11/h4-6,9-10,13H,3,7-8H2,1-2H3. The van der Waals surface area contributed by atoms with Gasteiger partial charge in [-0.1, -0.05) is 13.0 Å². The molecule has 3 rings (SSSR count). The molecule has 3 nitrogen and oxygen atoms in total. The highest BCUT2D eigenvalue weighted by atomic mass is 16.1. The summed E-state index contributed by atoms with van der Waals surface area (Å²) in [4.78, 5) is 13.9. The Bertz CT molecular complexity index is 529. The number of hydrogen-bond acceptors (Lipinski definition) is 2. The summed E-state index contributed by atoms with van der Waals surface area (Å²) in [5.74, 6) is 0.715. The van der Waals surface area contributed by atoms with E-state index in [2.05, 4.69) is 17.9 Å². The summed E-state index contributed by atoms with van der Waals surface area (Å²) >= 11 is 0. The number of aromatic nitrogens is 1. The third-order valence-electron chi connectivity index (χ3n) is 4.04. The average Bonchev–Trinajstić information content (AvgIpc) is 2.91. The Hall–Kier alpha value is -1.35. The smallest absolute Gasteiger partial charge is 0.250 e. The Morgan fingerprint density at radius 1 is 1.41 bits per heavy atom. The normalized spacial score (nSPS) is 27.5. The molecule has 90 valence electrons. The molecule has 2 unspecified atom stereocenters. The fourth-order valence-electron chi connectivity index (χ4n) is 3.15. The molecule has 1 aromatic heterocycles. The van der Waals surface area contributed by atoms with Gasteiger partial charge in [0.1, 0.15) is 0 Å². The van der Waals surface area contributed by atoms with Crippen LogP contribution in [0.3, 0.4) is 0 Å². The maximum Gasteiger partial charge on any atom is 0.250 e. The lowest BCUT2D eigenvalue weighted by Gasteiger charge is -2.27. The molecule has 0 aromatic carbocycles. The highest BCUT2D eigenvalue weighted by Crippen LogP contribution is 2.41. The first-order valence-electron chi connectivity index (χ1n) is 6.32. The molecule has 0 amide bonds. The summed E-state index contributed by atoms with van der Waals surface area (Å²) in [7, 11) is 1.82. The van der Waals surface area contributed by atoms with Crippen LogP contribution in [0.2, 0.25) is 0 Å². The van der Waals surface area contributed by atoms with E-state index in [-0.39, 0.29) is 5.56 Å². The zero-order valence-electron chi connectivity index (χ0n) is 10.4. The van der Waals surface area contributed by atoms with Gasteiger partial charge in [0.2, 0.25) is 5.56 Å². The Morgan fingerprint density at radius 2 is 2.24 bits per heavy atom. The second kappa shape index (κ2) is 3.84. The van der Waals surface area contributed by atoms with Crippen LogP contribution < -0.4 is 5.56 Å². The van der Waals surface area contributed by atoms with Gasteiger partial charge in [-0.2, -0.15) is 0 Å². The van der Waals surface area contributed by atoms with Gasteiger partial charge in [-0.25, -0.2) is 0 Å². The number of pyridine rings is 1. The lowest BCUT2D eigenvalue weighted by Crippen LogP contribution is -2.32. The molecule has 1 aliphatic carbocycles. The number of rotatable bonds is 2. The van der Waals surface area contributed by atoms with Crippen LogP contribution in [0.15, 0.2) is 29.2 Å². The van der Waals surface area contributed by atoms with Crippen molar-refractivity contribution in [1.29, 1.82) is 0 Å². The van der Waals surface area contributed by atoms with E-state index in [0.717, 1.165) is 6.54 Å². The summed E-state index contributed by atoms with van der Waals surface area (Å²) in [5, 5.41) is 0. The van der Waals surface area contributed by atoms with Crippen molar-refractivity contribution >= 4 is 5.57 Å². The second-order valence-corrected chi connectivity index (χ2v) is 5.09. The van der Waals surface area contributed by atoms with Gasteiger partial charge < -0.3 is 4.57 Å². The van der Waals surface area contributed by atoms with Crippen LogP contribution in [0.1, 0.15) is 18.9 Å². The molecule has 0 saturated carbocycles. The largest absolute Gasteiger partial charge is 0.318 e. The molecule has 2 heterocycles. The first-order valence-corrected chi connectivity index (χ1v) is 6.32. The van der Waals surface area contributed by atoms with Crippen molar-refractivity contribution < 1.29 is 0 Å². The van der Waals surface area contributed by atoms with Crippen molar-refractivity contribution in [2.75, 3.05) is 13.1 Å². The molecule has 1 fully saturated rings. The van der Waals surface area contributed by atoms with E-state index in [9.17, 15) is 4.79 Å². The summed E-state index contributed by atoms with van der Waals surface area (Å²) in [5.41, 5.74) is 2.68. The van der Waals surface area contributed by atoms with Gasteiger partial charge in [0, 0.05) is 31.9 Å². The van der Waals surface area contributed by atoms with E-state index in [0.29, 0.717) is 12.0 Å². The molecule has 3 heteroatoms. The Morgan fingerprint density at radius 3 is 2.88 bits per heavy atom. The minimum atomic E-state index is 0.0601. The highest BCUT2D eigenvalue weighted by molar-refractivity contribution is 5.72. The fourth-order valence-corrected chi connectivity index (χ4v) is 3.15. The van der Waals surface area contributed by atoms with Crippen LogP contribution in [0.5, 0.6) is 0 Å². The SMILES string of the molecule is CCN1CC2C=C(c3ccc(=O)n(C)c3)C1C2. The fraction of sp³-hybridized carbons (Fsp3) is 0.500. The van der Waals surface area contributed by atoms with E-state index < -0.39 is 0 Å². The van der Waals surface area contributed by atoms with Crippen molar-refractivity contribution in [3.63, 3.8) is 0 Å². The first kappa shape index (κ1) is 10.8. The van der Waals surface area contributed by atoms with E-state index >= 15 is 0 Å². The van der Waals surface area contributed by atoms with E-state index in [1.165, 1.54) is 24.1 Å². The topological polar surface area (TPSA) is 25.2 Å². The van der Waals surface area contributed by atoms with Crippen LogP contribution in [0, 0.1) is 5.92 Å². The van der Waals surface area contributed by atoms with Crippen LogP contribution in [0.4, 0.5) is 0 Å². The minimum absolute atomic E-state index is 0.0601. The van der Waals surface area contributed by atoms with Crippen molar-refractivity contribution in [2.24, 2.45) is 13.0 Å². The molecular weight excluding hydrogens is 212 g/mol. The van der Waals surface area contributed by atoms with E-state index in [1.807, 2.05) is 19.3 Å². The van der Waals surface area contributed by atoms with Crippen molar-refractivity contribution in [1.82, 2.24) is 9.47 Å². The van der Waals surface area contributed by atoms with Crippen LogP contribution >= 0.6 is 0 Å². The Kier molecular flexibility index (Phi) is 2.44. The van der Waals surface area contributed by atoms with E-state index in [4.69, 9.17) is 0 Å². The monoisotopic (exact) mass is 230 g/mol. The van der Waals surface area contributed by atoms with Gasteiger partial charge in [0.25, 0.3) is 0 Å². The summed E-state index contributed by atoms with van der Waals surface area (Å²) < 4.78 is 1.67. The van der Waals surface area contributed by atoms with Crippen molar-refractivity contribution in [2.45, 2.75) is 19.4 Å². The first-order chi connectivity index (χ1) is 8.19. The number of aryl methyl sites for hydroxylation is 1. The van der Waals surface area contributed by atoms with Gasteiger partial charge in [0.05, 0.1) is 0 Å². The number of fused-ring (bicyclic) bond motifs is 2. The second-order valence-electron chi connectivity index (χ2n) is 5.09. The third-order valence-corrected chi connectivity index (χ3v) is 4.04. The van der Waals surface area contributed by atoms with E-state index in [1.54, 1.807) is 10.6 Å². The van der Waals surface area contributed by atoms with Crippen molar-refractivity contribution in [3.05, 3.63) is 40.3 Å². The Labute approximate surface area is 101 Å². The van der Waals surface area contributed by atoms with Gasteiger partial charge in [0.15, 0.2) is 0 Å². The lowest BCUT2D eigenvalue weighted by molar-refractivity contribution is 0.302. The van der Waals surface area contributed by atoms with Crippen LogP contribution in [-0.2, 0) is 7.05 Å². The number of hydrogen-bond donors (Lipinski definition) is 0. The third kappa shape index (κ3) is 1.65. The molecule has 0 N–H and O–H groups in total. The molecule has 1 aromatic rings. The average molecular weight is 230 g/mol. The summed E-state index contributed by atoms with van der Waals surface area (Å²) in [6.45, 7) is 4.54. The van der Waals surface area contributed by atoms with Crippen molar-refractivity contribution in [3.8, 4) is 0 Å². The lowest BCUT2D eigenvalue weighted by atomic mass is 10.0. The quantitative estimate of drug-likeness (QED) is 0.769. The molecular formula is C14H18N2O. The summed E-state index contributed by atoms with van der Waals surface area (Å²) in [6, 6.07) is 4.20. The van der Waals surface area contributed by atoms with Gasteiger partial charge in [-0.15, -0.1) is 0 Å². The zero-order valence-corrected chi connectivity index (χ0v) is 10.4. The van der Waals surface area contributed by atoms with Crippen LogP contribution in [-0.4, -0.2) is 28.6 Å². The molecule has 0 spiro atoms. The summed E-state index contributed by atoms with van der Waals surface area (Å²) in [6.07, 6.45) is 5.62. The van der Waals surface area contributed by atoms with Crippen LogP contribution in [0.25, 0.3) is 5.57 Å². The number of likely N-dealkylation sites (N-methyl/N-ethyl adjacent to an activating group) is 1. The maximum atomic E-state index is 11.4. The number of likely N-dealkylation sites (tertiary alicyclic amines) is 1. The predicted molar refractivity (Wildman–Crippen MR) is 68.8 cm³/mol. The number of nitrogens with zero attached hydrogens (tertiary/aromatic N) is 2. The predicted octanol–water partition coefficient (Wildman–Crippen LogP) is 1.49. The molecule has 17 heavy (non-hydrogen) atoms. The Balaban J connectivity index is 1.98.